The molecule has 1 saturated heterocycles. The number of amides is 3. The molecule has 0 bridgehead atoms. The Kier molecular flexibility index (Phi) is 3.44. The van der Waals surface area contributed by atoms with Gasteiger partial charge in [-0.05, 0) is 12.8 Å². The second-order valence-corrected chi connectivity index (χ2v) is 3.05. The van der Waals surface area contributed by atoms with Crippen LogP contribution in [0, 0.1) is 0 Å². The predicted octanol–water partition coefficient (Wildman–Crippen LogP) is -0.207. The first-order chi connectivity index (χ1) is 6.61. The Morgan fingerprint density at radius 3 is 2.64 bits per heavy atom. The van der Waals surface area contributed by atoms with E-state index < -0.39 is 5.97 Å². The highest BCUT2D eigenvalue weighted by atomic mass is 16.4. The van der Waals surface area contributed by atoms with Crippen molar-refractivity contribution in [2.75, 3.05) is 13.1 Å². The first kappa shape index (κ1) is 10.5. The second kappa shape index (κ2) is 4.59. The third-order valence-electron chi connectivity index (χ3n) is 1.96. The van der Waals surface area contributed by atoms with Gasteiger partial charge in [-0.3, -0.25) is 14.5 Å². The number of carbonyl (C=O) groups excluding carboxylic acids is 2. The average molecular weight is 200 g/mol. The molecule has 1 fully saturated rings. The number of hydrogen-bond acceptors (Lipinski definition) is 3. The number of unbranched alkanes of at least 4 members (excludes halogenated alkanes) is 1. The molecule has 0 atom stereocenters. The van der Waals surface area contributed by atoms with Gasteiger partial charge in [0.15, 0.2) is 0 Å². The molecular formula is C8H12N2O4. The maximum atomic E-state index is 11.0. The number of imide groups is 1. The molecule has 78 valence electrons. The Morgan fingerprint density at radius 2 is 2.14 bits per heavy atom. The van der Waals surface area contributed by atoms with E-state index in [1.165, 1.54) is 0 Å². The standard InChI is InChI=1S/C8H12N2O4/c11-6-5-9-8(14)10(6)4-2-1-3-7(12)13/h1-5H2,(H,9,14)(H,12,13). The van der Waals surface area contributed by atoms with Crippen LogP contribution in [-0.2, 0) is 9.59 Å². The van der Waals surface area contributed by atoms with Crippen LogP contribution in [0.4, 0.5) is 4.79 Å². The number of hydrogen-bond donors (Lipinski definition) is 2. The van der Waals surface area contributed by atoms with Crippen LogP contribution in [-0.4, -0.2) is 41.0 Å². The zero-order chi connectivity index (χ0) is 10.6. The number of urea groups is 1. The third kappa shape index (κ3) is 2.72. The number of carboxylic acids is 1. The van der Waals surface area contributed by atoms with Gasteiger partial charge in [0, 0.05) is 13.0 Å². The zero-order valence-electron chi connectivity index (χ0n) is 7.65. The quantitative estimate of drug-likeness (QED) is 0.475. The Labute approximate surface area is 80.9 Å². The van der Waals surface area contributed by atoms with Gasteiger partial charge >= 0.3 is 12.0 Å². The lowest BCUT2D eigenvalue weighted by Gasteiger charge is -2.10. The summed E-state index contributed by atoms with van der Waals surface area (Å²) in [7, 11) is 0. The van der Waals surface area contributed by atoms with Gasteiger partial charge in [-0.2, -0.15) is 0 Å². The second-order valence-electron chi connectivity index (χ2n) is 3.05. The summed E-state index contributed by atoms with van der Waals surface area (Å²) < 4.78 is 0. The fraction of sp³-hybridized carbons (Fsp3) is 0.625. The molecule has 0 aromatic heterocycles. The topological polar surface area (TPSA) is 86.7 Å². The molecule has 0 aromatic carbocycles. The lowest BCUT2D eigenvalue weighted by Crippen LogP contribution is -2.31. The van der Waals surface area contributed by atoms with Gasteiger partial charge in [0.2, 0.25) is 5.91 Å². The van der Waals surface area contributed by atoms with E-state index in [9.17, 15) is 14.4 Å². The van der Waals surface area contributed by atoms with Gasteiger partial charge < -0.3 is 10.4 Å². The van der Waals surface area contributed by atoms with E-state index in [4.69, 9.17) is 5.11 Å². The lowest BCUT2D eigenvalue weighted by molar-refractivity contribution is -0.137. The highest BCUT2D eigenvalue weighted by molar-refractivity contribution is 6.01. The predicted molar refractivity (Wildman–Crippen MR) is 46.6 cm³/mol. The number of rotatable bonds is 5. The van der Waals surface area contributed by atoms with Gasteiger partial charge in [-0.25, -0.2) is 4.79 Å². The number of carboxylic acid groups (broad SMARTS) is 1. The van der Waals surface area contributed by atoms with E-state index in [1.807, 2.05) is 0 Å². The van der Waals surface area contributed by atoms with Crippen molar-refractivity contribution >= 4 is 17.9 Å². The van der Waals surface area contributed by atoms with Crippen molar-refractivity contribution in [1.29, 1.82) is 0 Å². The molecule has 3 amide bonds. The normalized spacial score (nSPS) is 15.9. The molecule has 0 aromatic rings. The summed E-state index contributed by atoms with van der Waals surface area (Å²) in [6.45, 7) is 0.357. The first-order valence-electron chi connectivity index (χ1n) is 4.41. The van der Waals surface area contributed by atoms with Crippen LogP contribution in [0.3, 0.4) is 0 Å². The van der Waals surface area contributed by atoms with Crippen molar-refractivity contribution in [3.05, 3.63) is 0 Å². The van der Waals surface area contributed by atoms with E-state index in [-0.39, 0.29) is 24.9 Å². The smallest absolute Gasteiger partial charge is 0.324 e. The van der Waals surface area contributed by atoms with E-state index in [0.717, 1.165) is 4.90 Å². The summed E-state index contributed by atoms with van der Waals surface area (Å²) in [5.74, 6) is -1.10. The minimum Gasteiger partial charge on any atom is -0.481 e. The zero-order valence-corrected chi connectivity index (χ0v) is 7.65. The van der Waals surface area contributed by atoms with Crippen molar-refractivity contribution in [2.45, 2.75) is 19.3 Å². The van der Waals surface area contributed by atoms with Crippen LogP contribution in [0.1, 0.15) is 19.3 Å². The molecule has 1 rings (SSSR count). The van der Waals surface area contributed by atoms with E-state index in [0.29, 0.717) is 19.4 Å². The summed E-state index contributed by atoms with van der Waals surface area (Å²) >= 11 is 0. The third-order valence-corrected chi connectivity index (χ3v) is 1.96. The molecule has 0 spiro atoms. The van der Waals surface area contributed by atoms with E-state index in [1.54, 1.807) is 0 Å². The van der Waals surface area contributed by atoms with Gasteiger partial charge in [0.05, 0.1) is 6.54 Å². The molecule has 1 heterocycles. The van der Waals surface area contributed by atoms with Gasteiger partial charge in [0.1, 0.15) is 0 Å². The van der Waals surface area contributed by atoms with Gasteiger partial charge in [-0.15, -0.1) is 0 Å². The molecule has 0 aliphatic carbocycles. The average Bonchev–Trinajstić information content (AvgIpc) is 2.42. The van der Waals surface area contributed by atoms with E-state index >= 15 is 0 Å². The van der Waals surface area contributed by atoms with Gasteiger partial charge in [0.25, 0.3) is 0 Å². The summed E-state index contributed by atoms with van der Waals surface area (Å²) in [6.07, 6.45) is 1.08. The molecule has 6 nitrogen and oxygen atoms in total. The first-order valence-corrected chi connectivity index (χ1v) is 4.41. The summed E-state index contributed by atoms with van der Waals surface area (Å²) in [5, 5.41) is 10.7. The number of nitrogens with zero attached hydrogens (tertiary/aromatic N) is 1. The number of carbonyl (C=O) groups is 3. The Balaban J connectivity index is 2.20. The Bertz CT molecular complexity index is 248. The summed E-state index contributed by atoms with van der Waals surface area (Å²) in [5.41, 5.74) is 0. The molecule has 1 aliphatic rings. The summed E-state index contributed by atoms with van der Waals surface area (Å²) in [6, 6.07) is -0.384. The Morgan fingerprint density at radius 1 is 1.43 bits per heavy atom. The highest BCUT2D eigenvalue weighted by Crippen LogP contribution is 2.03. The maximum absolute atomic E-state index is 11.0. The molecule has 0 saturated carbocycles. The van der Waals surface area contributed by atoms with Crippen LogP contribution < -0.4 is 5.32 Å². The maximum Gasteiger partial charge on any atom is 0.324 e. The molecule has 6 heteroatoms. The fourth-order valence-electron chi connectivity index (χ4n) is 1.23. The molecule has 2 N–H and O–H groups in total. The van der Waals surface area contributed by atoms with Gasteiger partial charge in [-0.1, -0.05) is 0 Å². The number of aliphatic carboxylic acids is 1. The van der Waals surface area contributed by atoms with E-state index in [2.05, 4.69) is 5.32 Å². The van der Waals surface area contributed by atoms with Crippen LogP contribution in [0.25, 0.3) is 0 Å². The van der Waals surface area contributed by atoms with Crippen molar-refractivity contribution < 1.29 is 19.5 Å². The Hall–Kier alpha value is -1.59. The highest BCUT2D eigenvalue weighted by Gasteiger charge is 2.27. The minimum absolute atomic E-state index is 0.0533. The van der Waals surface area contributed by atoms with Crippen molar-refractivity contribution in [3.8, 4) is 0 Å². The monoisotopic (exact) mass is 200 g/mol. The molecular weight excluding hydrogens is 188 g/mol. The molecule has 0 radical (unpaired) electrons. The van der Waals surface area contributed by atoms with Crippen LogP contribution >= 0.6 is 0 Å². The summed E-state index contributed by atoms with van der Waals surface area (Å²) in [4.78, 5) is 33.3. The molecule has 14 heavy (non-hydrogen) atoms. The van der Waals surface area contributed by atoms with Crippen molar-refractivity contribution in [1.82, 2.24) is 10.2 Å². The number of nitrogens with one attached hydrogen (secondary N) is 1. The van der Waals surface area contributed by atoms with Crippen LogP contribution in [0.5, 0.6) is 0 Å². The van der Waals surface area contributed by atoms with Crippen molar-refractivity contribution in [3.63, 3.8) is 0 Å². The van der Waals surface area contributed by atoms with Crippen molar-refractivity contribution in [2.24, 2.45) is 0 Å². The fourth-order valence-corrected chi connectivity index (χ4v) is 1.23. The molecule has 1 aliphatic heterocycles. The lowest BCUT2D eigenvalue weighted by atomic mass is 10.2. The SMILES string of the molecule is O=C(O)CCCCN1C(=O)CNC1=O. The van der Waals surface area contributed by atoms with Crippen LogP contribution in [0.15, 0.2) is 0 Å². The largest absolute Gasteiger partial charge is 0.481 e. The minimum atomic E-state index is -0.859. The molecule has 0 unspecified atom stereocenters. The van der Waals surface area contributed by atoms with Crippen LogP contribution in [0.2, 0.25) is 0 Å².